The number of hydrogen-bond acceptors (Lipinski definition) is 39. The molecule has 0 amide bonds. The highest BCUT2D eigenvalue weighted by Gasteiger charge is 2.74. The van der Waals surface area contributed by atoms with Crippen LogP contribution in [-0.4, -0.2) is 401 Å². The molecule has 12 aliphatic rings. The SMILES string of the molecule is C[C@@H]1O[C@@H](O[C@H]2[C@H](O[C@H]3CC[C@]4(C)[C@H]5CC=C6[C@@H]7CC(C)(C)C[C@@H](O)[C@]7(C(=O)O[C@@H]7O[C@H](CO)[C@@H](O)[C@H](O[C@@H]8O[C@H](CO)[C@@H](O)[C@H](O[C@@H]9O[C@H](CO)[C@@H](O)[C@H](O)[C@H]9O)[C@H]8O)[C@H]7O)CC[C@@]6(C)[C@]5(C)[C@@H](O)C[C@H]4C3(C)C)O[C@H](CO)[C@@H](O[C@@H]3O[C@H](CO)[C@@H](O)[C@H](O[C@@H]4O[C@H](CO)[C@@H](O)[C@H](O)[C@H]4O)[C@H]3O)[C@@H]2O)[C@H](O)[C@H](O)[C@H]1O. The molecule has 5 aliphatic carbocycles. The molecule has 7 aliphatic heterocycles. The Bertz CT molecular complexity index is 3160. The van der Waals surface area contributed by atoms with Crippen LogP contribution in [-0.2, 0) is 71.1 Å². The fourth-order valence-electron chi connectivity index (χ4n) is 21.1. The number of rotatable bonds is 20. The van der Waals surface area contributed by atoms with E-state index in [1.807, 2.05) is 27.7 Å². The van der Waals surface area contributed by atoms with Crippen LogP contribution in [0.2, 0.25) is 0 Å². The molecule has 0 aromatic heterocycles. The van der Waals surface area contributed by atoms with Crippen molar-refractivity contribution in [1.29, 1.82) is 0 Å². The molecule has 0 aromatic rings. The highest BCUT2D eigenvalue weighted by Crippen LogP contribution is 2.76. The second-order valence-corrected chi connectivity index (χ2v) is 34.9. The molecule has 24 N–H and O–H groups in total. The van der Waals surface area contributed by atoms with Gasteiger partial charge in [0.25, 0.3) is 0 Å². The molecule has 7 saturated heterocycles. The second-order valence-electron chi connectivity index (χ2n) is 34.9. The highest BCUT2D eigenvalue weighted by atomic mass is 16.8. The van der Waals surface area contributed by atoms with E-state index in [2.05, 4.69) is 26.8 Å². The van der Waals surface area contributed by atoms with Crippen molar-refractivity contribution < 1.29 is 194 Å². The molecule has 45 atom stereocenters. The number of aliphatic hydroxyl groups is 24. The molecule has 0 unspecified atom stereocenters. The molecule has 4 saturated carbocycles. The first kappa shape index (κ1) is 88.0. The Kier molecular flexibility index (Phi) is 26.5. The van der Waals surface area contributed by atoms with Crippen LogP contribution in [0.25, 0.3) is 0 Å². The van der Waals surface area contributed by atoms with E-state index in [1.165, 1.54) is 6.92 Å². The summed E-state index contributed by atoms with van der Waals surface area (Å²) in [6.07, 6.45) is -64.3. The van der Waals surface area contributed by atoms with Crippen molar-refractivity contribution in [1.82, 2.24) is 0 Å². The lowest BCUT2D eigenvalue weighted by Gasteiger charge is -2.72. The quantitative estimate of drug-likeness (QED) is 0.0306. The van der Waals surface area contributed by atoms with Crippen molar-refractivity contribution in [3.63, 3.8) is 0 Å². The molecule has 0 radical (unpaired) electrons. The van der Waals surface area contributed by atoms with Gasteiger partial charge in [0, 0.05) is 5.41 Å². The summed E-state index contributed by atoms with van der Waals surface area (Å²) in [4.78, 5) is 15.6. The van der Waals surface area contributed by atoms with E-state index < -0.39 is 317 Å². The molecule has 7 heterocycles. The fraction of sp³-hybridized carbons (Fsp3) is 0.958. The van der Waals surface area contributed by atoms with Crippen molar-refractivity contribution in [3.05, 3.63) is 11.6 Å². The molecule has 12 rings (SSSR count). The van der Waals surface area contributed by atoms with Gasteiger partial charge >= 0.3 is 5.97 Å². The second kappa shape index (κ2) is 33.4. The number of ether oxygens (including phenoxy) is 14. The van der Waals surface area contributed by atoms with E-state index in [0.717, 1.165) is 5.57 Å². The Labute approximate surface area is 639 Å². The van der Waals surface area contributed by atoms with Crippen LogP contribution in [0.1, 0.15) is 107 Å². The maximum atomic E-state index is 15.6. The van der Waals surface area contributed by atoms with Crippen molar-refractivity contribution >= 4 is 5.97 Å². The Morgan fingerprint density at radius 2 is 0.802 bits per heavy atom. The predicted octanol–water partition coefficient (Wildman–Crippen LogP) is -9.59. The number of fused-ring (bicyclic) bond motifs is 7. The smallest absolute Gasteiger partial charge is 0.317 e. The van der Waals surface area contributed by atoms with Crippen LogP contribution in [0.3, 0.4) is 0 Å². The first-order valence-electron chi connectivity index (χ1n) is 38.4. The monoisotopic (exact) mass is 1610 g/mol. The third kappa shape index (κ3) is 15.1. The van der Waals surface area contributed by atoms with Gasteiger partial charge in [-0.15, -0.1) is 0 Å². The summed E-state index contributed by atoms with van der Waals surface area (Å²) in [6.45, 7) is 9.94. The van der Waals surface area contributed by atoms with Crippen LogP contribution in [0.5, 0.6) is 0 Å². The number of esters is 1. The first-order chi connectivity index (χ1) is 52.1. The fourth-order valence-corrected chi connectivity index (χ4v) is 21.1. The molecule has 39 nitrogen and oxygen atoms in total. The van der Waals surface area contributed by atoms with Crippen molar-refractivity contribution in [2.75, 3.05) is 39.6 Å². The first-order valence-corrected chi connectivity index (χ1v) is 38.4. The van der Waals surface area contributed by atoms with Gasteiger partial charge in [0.1, 0.15) is 170 Å². The van der Waals surface area contributed by atoms with Gasteiger partial charge in [-0.2, -0.15) is 0 Å². The molecule has 39 heteroatoms. The number of allylic oxidation sites excluding steroid dienone is 2. The standard InChI is InChI=1S/C72H118O39/c1-24-38(81)44(87)47(90)59(98-24)110-58-50(93)54(106-62-51(94)55(41(84)29(20-75)101-62)107-60-48(91)45(88)39(82)27(18-73)99-60)32(23-78)104-65(58)105-37-11-12-69(6)33-10-9-25-26-16-67(2,3)17-36(80)72(26,14-13-70(25,7)71(33,8)35(79)15-34(69)68(37,4)5)66(97)111-64-53(96)57(43(86)31(22-77)103-64)109-63-52(95)56(42(85)30(21-76)102-63)108-61-49(92)46(89)40(83)28(19-74)100-61/h9,24,26-65,73-96H,10-23H2,1-8H3/t24-,26-,27+,28+,29+,30+,31+,32+,33+,34-,35-,36+,37-,38-,39+,40+,41+,42+,43+,44+,45-,46-,47+,48+,49+,50-,51+,52+,53+,54+,55-,56-,57-,58+,59-,60-,61-,62-,63-,64-,65-,69+,70+,71-,72-/m0/s1. The minimum Gasteiger partial charge on any atom is -0.432 e. The summed E-state index contributed by atoms with van der Waals surface area (Å²) in [5.41, 5.74) is -5.01. The zero-order valence-corrected chi connectivity index (χ0v) is 63.0. The minimum absolute atomic E-state index is 0.0323. The maximum absolute atomic E-state index is 15.6. The van der Waals surface area contributed by atoms with Gasteiger partial charge in [0.15, 0.2) is 37.7 Å². The molecule has 0 aromatic carbocycles. The summed E-state index contributed by atoms with van der Waals surface area (Å²) in [5, 5.41) is 267. The van der Waals surface area contributed by atoms with Crippen LogP contribution >= 0.6 is 0 Å². The Hall–Kier alpha value is -2.27. The third-order valence-electron chi connectivity index (χ3n) is 27.8. The van der Waals surface area contributed by atoms with Crippen molar-refractivity contribution in [2.24, 2.45) is 50.2 Å². The maximum Gasteiger partial charge on any atom is 0.317 e. The van der Waals surface area contributed by atoms with Crippen LogP contribution in [0.15, 0.2) is 11.6 Å². The van der Waals surface area contributed by atoms with Gasteiger partial charge in [0.2, 0.25) is 6.29 Å². The summed E-state index contributed by atoms with van der Waals surface area (Å²) >= 11 is 0. The predicted molar refractivity (Wildman–Crippen MR) is 362 cm³/mol. The van der Waals surface area contributed by atoms with Gasteiger partial charge in [0.05, 0.1) is 64.1 Å². The van der Waals surface area contributed by atoms with Crippen molar-refractivity contribution in [3.8, 4) is 0 Å². The van der Waals surface area contributed by atoms with Gasteiger partial charge in [-0.05, 0) is 97.7 Å². The van der Waals surface area contributed by atoms with Gasteiger partial charge in [-0.1, -0.05) is 60.1 Å². The molecule has 640 valence electrons. The number of carbonyl (C=O) groups excluding carboxylic acids is 1. The van der Waals surface area contributed by atoms with E-state index in [-0.39, 0.29) is 43.9 Å². The number of carbonyl (C=O) groups is 1. The zero-order valence-electron chi connectivity index (χ0n) is 63.0. The Morgan fingerprint density at radius 1 is 0.396 bits per heavy atom. The van der Waals surface area contributed by atoms with Gasteiger partial charge in [-0.3, -0.25) is 4.79 Å². The van der Waals surface area contributed by atoms with Gasteiger partial charge in [-0.25, -0.2) is 0 Å². The van der Waals surface area contributed by atoms with E-state index in [1.54, 1.807) is 0 Å². The lowest BCUT2D eigenvalue weighted by atomic mass is 9.32. The van der Waals surface area contributed by atoms with Crippen LogP contribution < -0.4 is 0 Å². The number of aliphatic hydroxyl groups excluding tert-OH is 24. The molecule has 0 bridgehead atoms. The lowest BCUT2D eigenvalue weighted by Crippen LogP contribution is -2.71. The Morgan fingerprint density at radius 3 is 1.28 bits per heavy atom. The average Bonchev–Trinajstić information content (AvgIpc) is 0.666. The van der Waals surface area contributed by atoms with E-state index in [9.17, 15) is 123 Å². The molecule has 111 heavy (non-hydrogen) atoms. The van der Waals surface area contributed by atoms with E-state index in [4.69, 9.17) is 66.3 Å². The topological polar surface area (TPSA) is 632 Å². The summed E-state index contributed by atoms with van der Waals surface area (Å²) in [7, 11) is 0. The van der Waals surface area contributed by atoms with Crippen LogP contribution in [0, 0.1) is 50.2 Å². The highest BCUT2D eigenvalue weighted by molar-refractivity contribution is 5.80. The van der Waals surface area contributed by atoms with Crippen molar-refractivity contribution in [2.45, 2.75) is 340 Å². The van der Waals surface area contributed by atoms with Gasteiger partial charge < -0.3 is 189 Å². The molecule has 11 fully saturated rings. The molecule has 0 spiro atoms. The summed E-state index contributed by atoms with van der Waals surface area (Å²) in [6, 6.07) is 0. The zero-order chi connectivity index (χ0) is 81.3. The lowest BCUT2D eigenvalue weighted by molar-refractivity contribution is -0.400. The van der Waals surface area contributed by atoms with E-state index >= 15 is 4.79 Å². The molecular weight excluding hydrogens is 1490 g/mol. The van der Waals surface area contributed by atoms with Crippen LogP contribution in [0.4, 0.5) is 0 Å². The normalized spacial score (nSPS) is 54.7. The largest absolute Gasteiger partial charge is 0.432 e. The molecular formula is C72H118O39. The van der Waals surface area contributed by atoms with E-state index in [0.29, 0.717) is 19.3 Å². The summed E-state index contributed by atoms with van der Waals surface area (Å²) in [5.74, 6) is -2.48. The average molecular weight is 1610 g/mol. The Balaban J connectivity index is 0.783. The number of hydrogen-bond donors (Lipinski definition) is 24. The minimum atomic E-state index is -2.17. The summed E-state index contributed by atoms with van der Waals surface area (Å²) < 4.78 is 83.8. The third-order valence-corrected chi connectivity index (χ3v) is 27.8.